The summed E-state index contributed by atoms with van der Waals surface area (Å²) in [5.41, 5.74) is 2.18. The molecule has 0 aliphatic heterocycles. The van der Waals surface area contributed by atoms with E-state index in [-0.39, 0.29) is 17.9 Å². The Kier molecular flexibility index (Phi) is 4.82. The van der Waals surface area contributed by atoms with E-state index >= 15 is 0 Å². The molecule has 124 valence electrons. The molecule has 0 unspecified atom stereocenters. The van der Waals surface area contributed by atoms with Crippen LogP contribution >= 0.6 is 11.6 Å². The smallest absolute Gasteiger partial charge is 0.360 e. The number of carbonyl (C=O) groups is 1. The van der Waals surface area contributed by atoms with Crippen LogP contribution in [-0.2, 0) is 4.74 Å². The quantitative estimate of drug-likeness (QED) is 0.659. The summed E-state index contributed by atoms with van der Waals surface area (Å²) >= 11 is 5.96. The van der Waals surface area contributed by atoms with Crippen LogP contribution in [0.3, 0.4) is 0 Å². The Balaban J connectivity index is 2.27. The highest BCUT2D eigenvalue weighted by molar-refractivity contribution is 6.30. The molecule has 0 bridgehead atoms. The molecule has 1 heterocycles. The van der Waals surface area contributed by atoms with E-state index in [2.05, 4.69) is 11.2 Å². The summed E-state index contributed by atoms with van der Waals surface area (Å²) in [7, 11) is 0. The van der Waals surface area contributed by atoms with Gasteiger partial charge < -0.3 is 4.74 Å². The van der Waals surface area contributed by atoms with Gasteiger partial charge in [0.05, 0.1) is 18.0 Å². The van der Waals surface area contributed by atoms with Crippen LogP contribution in [0, 0.1) is 11.3 Å². The number of hydrogen-bond donors (Lipinski definition) is 0. The van der Waals surface area contributed by atoms with Crippen LogP contribution in [-0.4, -0.2) is 22.4 Å². The Morgan fingerprint density at radius 1 is 1.20 bits per heavy atom. The second-order valence-electron chi connectivity index (χ2n) is 5.16. The standard InChI is InChI=1S/C19H14ClN3O2/c1-2-25-19(24)17-16(12-21)18(13-6-4-3-5-7-13)23(22-17)15-10-8-14(20)9-11-15/h3-11H,2H2,1H3. The number of halogens is 1. The van der Waals surface area contributed by atoms with Gasteiger partial charge in [-0.25, -0.2) is 9.48 Å². The fraction of sp³-hybridized carbons (Fsp3) is 0.105. The first-order chi connectivity index (χ1) is 12.2. The van der Waals surface area contributed by atoms with Crippen molar-refractivity contribution in [2.24, 2.45) is 0 Å². The highest BCUT2D eigenvalue weighted by Gasteiger charge is 2.25. The molecule has 0 atom stereocenters. The molecule has 0 radical (unpaired) electrons. The summed E-state index contributed by atoms with van der Waals surface area (Å²) in [6.07, 6.45) is 0. The minimum absolute atomic E-state index is 0.00171. The predicted molar refractivity (Wildman–Crippen MR) is 94.7 cm³/mol. The van der Waals surface area contributed by atoms with Gasteiger partial charge in [-0.2, -0.15) is 10.4 Å². The van der Waals surface area contributed by atoms with Crippen LogP contribution in [0.15, 0.2) is 54.6 Å². The molecule has 3 rings (SSSR count). The van der Waals surface area contributed by atoms with Gasteiger partial charge in [-0.05, 0) is 31.2 Å². The van der Waals surface area contributed by atoms with Crippen molar-refractivity contribution in [2.75, 3.05) is 6.61 Å². The van der Waals surface area contributed by atoms with Gasteiger partial charge in [-0.1, -0.05) is 41.9 Å². The molecule has 2 aromatic carbocycles. The van der Waals surface area contributed by atoms with Gasteiger partial charge in [-0.3, -0.25) is 0 Å². The molecule has 0 saturated carbocycles. The Morgan fingerprint density at radius 3 is 2.48 bits per heavy atom. The van der Waals surface area contributed by atoms with E-state index in [1.807, 2.05) is 30.3 Å². The van der Waals surface area contributed by atoms with Crippen LogP contribution in [0.5, 0.6) is 0 Å². The van der Waals surface area contributed by atoms with E-state index in [0.717, 1.165) is 5.56 Å². The number of esters is 1. The number of ether oxygens (including phenoxy) is 1. The van der Waals surface area contributed by atoms with Gasteiger partial charge in [0.2, 0.25) is 0 Å². The minimum Gasteiger partial charge on any atom is -0.461 e. The van der Waals surface area contributed by atoms with Gasteiger partial charge in [0.15, 0.2) is 5.69 Å². The third kappa shape index (κ3) is 3.25. The molecular weight excluding hydrogens is 338 g/mol. The predicted octanol–water partition coefficient (Wildman–Crippen LogP) is 4.24. The number of hydrogen-bond acceptors (Lipinski definition) is 4. The number of aromatic nitrogens is 2. The summed E-state index contributed by atoms with van der Waals surface area (Å²) in [4.78, 5) is 12.2. The van der Waals surface area contributed by atoms with Gasteiger partial charge in [0.25, 0.3) is 0 Å². The molecule has 5 nitrogen and oxygen atoms in total. The van der Waals surface area contributed by atoms with Gasteiger partial charge in [0.1, 0.15) is 11.6 Å². The van der Waals surface area contributed by atoms with Crippen molar-refractivity contribution in [1.29, 1.82) is 5.26 Å². The number of benzene rings is 2. The topological polar surface area (TPSA) is 67.9 Å². The first kappa shape index (κ1) is 16.7. The number of nitriles is 1. The monoisotopic (exact) mass is 351 g/mol. The van der Waals surface area contributed by atoms with Crippen LogP contribution < -0.4 is 0 Å². The van der Waals surface area contributed by atoms with Crippen LogP contribution in [0.4, 0.5) is 0 Å². The summed E-state index contributed by atoms with van der Waals surface area (Å²) in [5, 5.41) is 14.6. The van der Waals surface area contributed by atoms with Crippen LogP contribution in [0.25, 0.3) is 16.9 Å². The summed E-state index contributed by atoms with van der Waals surface area (Å²) < 4.78 is 6.61. The zero-order valence-electron chi connectivity index (χ0n) is 13.4. The van der Waals surface area contributed by atoms with E-state index in [9.17, 15) is 10.1 Å². The molecule has 0 N–H and O–H groups in total. The Labute approximate surface area is 150 Å². The van der Waals surface area contributed by atoms with E-state index in [0.29, 0.717) is 16.4 Å². The summed E-state index contributed by atoms with van der Waals surface area (Å²) in [6, 6.07) is 18.4. The molecule has 0 amide bonds. The SMILES string of the molecule is CCOC(=O)c1nn(-c2ccc(Cl)cc2)c(-c2ccccc2)c1C#N. The van der Waals surface area contributed by atoms with Crippen molar-refractivity contribution in [3.8, 4) is 23.0 Å². The average Bonchev–Trinajstić information content (AvgIpc) is 3.03. The van der Waals surface area contributed by atoms with Crippen LogP contribution in [0.1, 0.15) is 23.0 Å². The maximum atomic E-state index is 12.2. The van der Waals surface area contributed by atoms with Crippen molar-refractivity contribution in [3.63, 3.8) is 0 Å². The molecule has 0 aliphatic carbocycles. The highest BCUT2D eigenvalue weighted by Crippen LogP contribution is 2.29. The van der Waals surface area contributed by atoms with Crippen molar-refractivity contribution < 1.29 is 9.53 Å². The zero-order valence-corrected chi connectivity index (χ0v) is 14.2. The average molecular weight is 352 g/mol. The molecule has 0 aliphatic rings. The normalized spacial score (nSPS) is 10.3. The third-order valence-corrected chi connectivity index (χ3v) is 3.84. The van der Waals surface area contributed by atoms with E-state index in [1.54, 1.807) is 35.9 Å². The molecule has 0 fully saturated rings. The second-order valence-corrected chi connectivity index (χ2v) is 5.60. The molecule has 0 saturated heterocycles. The van der Waals surface area contributed by atoms with E-state index in [1.165, 1.54) is 0 Å². The van der Waals surface area contributed by atoms with Gasteiger partial charge >= 0.3 is 5.97 Å². The van der Waals surface area contributed by atoms with E-state index in [4.69, 9.17) is 16.3 Å². The highest BCUT2D eigenvalue weighted by atomic mass is 35.5. The fourth-order valence-corrected chi connectivity index (χ4v) is 2.62. The van der Waals surface area contributed by atoms with Crippen LogP contribution in [0.2, 0.25) is 5.02 Å². The maximum Gasteiger partial charge on any atom is 0.360 e. The minimum atomic E-state index is -0.621. The van der Waals surface area contributed by atoms with Crippen molar-refractivity contribution in [3.05, 3.63) is 70.9 Å². The lowest BCUT2D eigenvalue weighted by molar-refractivity contribution is 0.0518. The molecule has 3 aromatic rings. The number of nitrogens with zero attached hydrogens (tertiary/aromatic N) is 3. The lowest BCUT2D eigenvalue weighted by Crippen LogP contribution is -2.08. The Hall–Kier alpha value is -3.10. The van der Waals surface area contributed by atoms with Gasteiger partial charge in [-0.15, -0.1) is 0 Å². The lowest BCUT2D eigenvalue weighted by atomic mass is 10.1. The summed E-state index contributed by atoms with van der Waals surface area (Å²) in [6.45, 7) is 1.91. The maximum absolute atomic E-state index is 12.2. The number of carbonyl (C=O) groups excluding carboxylic acids is 1. The van der Waals surface area contributed by atoms with Gasteiger partial charge in [0, 0.05) is 10.6 Å². The first-order valence-electron chi connectivity index (χ1n) is 7.67. The molecule has 0 spiro atoms. The summed E-state index contributed by atoms with van der Waals surface area (Å²) in [5.74, 6) is -0.621. The Bertz CT molecular complexity index is 941. The first-order valence-corrected chi connectivity index (χ1v) is 8.05. The van der Waals surface area contributed by atoms with Crippen molar-refractivity contribution in [2.45, 2.75) is 6.92 Å². The second kappa shape index (κ2) is 7.20. The molecular formula is C19H14ClN3O2. The largest absolute Gasteiger partial charge is 0.461 e. The Morgan fingerprint density at radius 2 is 1.88 bits per heavy atom. The lowest BCUT2D eigenvalue weighted by Gasteiger charge is -2.08. The third-order valence-electron chi connectivity index (χ3n) is 3.58. The fourth-order valence-electron chi connectivity index (χ4n) is 2.50. The van der Waals surface area contributed by atoms with E-state index < -0.39 is 5.97 Å². The zero-order chi connectivity index (χ0) is 17.8. The van der Waals surface area contributed by atoms with Crippen molar-refractivity contribution >= 4 is 17.6 Å². The molecule has 1 aromatic heterocycles. The van der Waals surface area contributed by atoms with Crippen molar-refractivity contribution in [1.82, 2.24) is 9.78 Å². The molecule has 25 heavy (non-hydrogen) atoms. The number of rotatable bonds is 4. The molecule has 6 heteroatoms.